The van der Waals surface area contributed by atoms with Gasteiger partial charge in [0.05, 0.1) is 4.90 Å². The molecular weight excluding hydrogens is 438 g/mol. The van der Waals surface area contributed by atoms with Gasteiger partial charge in [-0.15, -0.1) is 0 Å². The zero-order valence-electron chi connectivity index (χ0n) is 18.9. The molecule has 0 fully saturated rings. The summed E-state index contributed by atoms with van der Waals surface area (Å²) in [5, 5.41) is 1.72. The van der Waals surface area contributed by atoms with Gasteiger partial charge in [-0.25, -0.2) is 8.42 Å². The zero-order valence-corrected chi connectivity index (χ0v) is 19.8. The largest absolute Gasteiger partial charge is 0.456 e. The van der Waals surface area contributed by atoms with Crippen LogP contribution in [0.4, 0.5) is 0 Å². The van der Waals surface area contributed by atoms with Crippen LogP contribution in [0.2, 0.25) is 0 Å². The molecule has 0 saturated carbocycles. The number of rotatable bonds is 5. The summed E-state index contributed by atoms with van der Waals surface area (Å²) >= 11 is 0. The molecule has 3 aromatic carbocycles. The van der Waals surface area contributed by atoms with Gasteiger partial charge in [0.2, 0.25) is 10.0 Å². The zero-order chi connectivity index (χ0) is 23.8. The van der Waals surface area contributed by atoms with Gasteiger partial charge >= 0.3 is 5.97 Å². The molecule has 7 heteroatoms. The first-order valence-electron chi connectivity index (χ1n) is 10.8. The van der Waals surface area contributed by atoms with Gasteiger partial charge in [0.25, 0.3) is 0 Å². The summed E-state index contributed by atoms with van der Waals surface area (Å²) in [5.41, 5.74) is 1.08. The molecule has 0 saturated heterocycles. The van der Waals surface area contributed by atoms with Crippen LogP contribution in [0.25, 0.3) is 10.8 Å². The van der Waals surface area contributed by atoms with Crippen molar-refractivity contribution in [1.82, 2.24) is 4.31 Å². The number of nitrogens with zero attached hydrogens (tertiary/aromatic N) is 1. The minimum atomic E-state index is -4.01. The minimum Gasteiger partial charge on any atom is -0.456 e. The lowest BCUT2D eigenvalue weighted by Gasteiger charge is -2.34. The number of ketones is 1. The maximum Gasteiger partial charge on any atom is 0.325 e. The van der Waals surface area contributed by atoms with Crippen molar-refractivity contribution in [3.8, 4) is 0 Å². The van der Waals surface area contributed by atoms with Crippen LogP contribution in [0, 0.1) is 5.41 Å². The maximum atomic E-state index is 13.7. The third kappa shape index (κ3) is 4.70. The number of hydrogen-bond donors (Lipinski definition) is 0. The summed E-state index contributed by atoms with van der Waals surface area (Å²) in [4.78, 5) is 25.4. The number of carbonyl (C=O) groups is 2. The van der Waals surface area contributed by atoms with Crippen LogP contribution in [-0.4, -0.2) is 37.1 Å². The molecule has 1 atom stereocenters. The molecule has 3 aromatic rings. The number of esters is 1. The molecule has 4 rings (SSSR count). The normalized spacial score (nSPS) is 16.9. The van der Waals surface area contributed by atoms with Gasteiger partial charge in [0.15, 0.2) is 12.4 Å². The van der Waals surface area contributed by atoms with Gasteiger partial charge in [0, 0.05) is 18.4 Å². The molecule has 0 N–H and O–H groups in total. The quantitative estimate of drug-likeness (QED) is 0.530. The lowest BCUT2D eigenvalue weighted by atomic mass is 9.91. The summed E-state index contributed by atoms with van der Waals surface area (Å²) in [6.07, 6.45) is 0.186. The third-order valence-electron chi connectivity index (χ3n) is 5.99. The molecule has 1 unspecified atom stereocenters. The van der Waals surface area contributed by atoms with Crippen LogP contribution in [0.15, 0.2) is 71.6 Å². The standard InChI is InChI=1S/C26H27NO5S/c1-26(2,3)24(28)17-32-25(29)23-15-20-10-6-7-11-21(20)16-27(23)33(30,31)22-13-12-18-8-4-5-9-19(18)14-22/h4-14,23H,15-17H2,1-3H3. The average Bonchev–Trinajstić information content (AvgIpc) is 2.80. The van der Waals surface area contributed by atoms with E-state index >= 15 is 0 Å². The summed E-state index contributed by atoms with van der Waals surface area (Å²) < 4.78 is 33.9. The molecule has 1 heterocycles. The Morgan fingerprint density at radius 1 is 0.939 bits per heavy atom. The van der Waals surface area contributed by atoms with Crippen LogP contribution >= 0.6 is 0 Å². The van der Waals surface area contributed by atoms with E-state index in [4.69, 9.17) is 4.74 Å². The fourth-order valence-electron chi connectivity index (χ4n) is 3.87. The topological polar surface area (TPSA) is 80.8 Å². The van der Waals surface area contributed by atoms with Gasteiger partial charge in [-0.05, 0) is 34.0 Å². The van der Waals surface area contributed by atoms with E-state index in [0.717, 1.165) is 21.9 Å². The van der Waals surface area contributed by atoms with Crippen molar-refractivity contribution in [2.45, 2.75) is 44.7 Å². The van der Waals surface area contributed by atoms with Crippen LogP contribution in [0.5, 0.6) is 0 Å². The van der Waals surface area contributed by atoms with Crippen molar-refractivity contribution >= 4 is 32.5 Å². The molecule has 0 aliphatic carbocycles. The molecule has 1 aliphatic rings. The van der Waals surface area contributed by atoms with E-state index in [2.05, 4.69) is 0 Å². The number of benzene rings is 3. The van der Waals surface area contributed by atoms with Gasteiger partial charge in [-0.1, -0.05) is 75.4 Å². The molecule has 0 amide bonds. The maximum absolute atomic E-state index is 13.7. The van der Waals surface area contributed by atoms with Crippen molar-refractivity contribution in [3.05, 3.63) is 77.9 Å². The van der Waals surface area contributed by atoms with Crippen molar-refractivity contribution < 1.29 is 22.7 Å². The number of carbonyl (C=O) groups excluding carboxylic acids is 2. The van der Waals surface area contributed by atoms with Gasteiger partial charge in [0.1, 0.15) is 6.04 Å². The summed E-state index contributed by atoms with van der Waals surface area (Å²) in [6, 6.07) is 18.8. The SMILES string of the molecule is CC(C)(C)C(=O)COC(=O)C1Cc2ccccc2CN1S(=O)(=O)c1ccc2ccccc2c1. The Morgan fingerprint density at radius 3 is 2.27 bits per heavy atom. The predicted molar refractivity (Wildman–Crippen MR) is 126 cm³/mol. The predicted octanol–water partition coefficient (Wildman–Crippen LogP) is 4.11. The minimum absolute atomic E-state index is 0.0539. The van der Waals surface area contributed by atoms with Gasteiger partial charge in [-0.3, -0.25) is 9.59 Å². The number of fused-ring (bicyclic) bond motifs is 2. The van der Waals surface area contributed by atoms with E-state index in [9.17, 15) is 18.0 Å². The molecule has 0 bridgehead atoms. The smallest absolute Gasteiger partial charge is 0.325 e. The summed E-state index contributed by atoms with van der Waals surface area (Å²) in [5.74, 6) is -0.942. The monoisotopic (exact) mass is 465 g/mol. The molecule has 172 valence electrons. The molecule has 0 radical (unpaired) electrons. The van der Waals surface area contributed by atoms with Crippen LogP contribution in [-0.2, 0) is 37.3 Å². The van der Waals surface area contributed by atoms with Crippen LogP contribution in [0.1, 0.15) is 31.9 Å². The highest BCUT2D eigenvalue weighted by atomic mass is 32.2. The van der Waals surface area contributed by atoms with Crippen molar-refractivity contribution in [2.24, 2.45) is 5.41 Å². The van der Waals surface area contributed by atoms with E-state index < -0.39 is 27.4 Å². The number of hydrogen-bond acceptors (Lipinski definition) is 5. The highest BCUT2D eigenvalue weighted by molar-refractivity contribution is 7.89. The van der Waals surface area contributed by atoms with Crippen molar-refractivity contribution in [2.75, 3.05) is 6.61 Å². The Labute approximate surface area is 194 Å². The Morgan fingerprint density at radius 2 is 1.58 bits per heavy atom. The molecule has 1 aliphatic heterocycles. The Hall–Kier alpha value is -3.03. The molecule has 33 heavy (non-hydrogen) atoms. The van der Waals surface area contributed by atoms with Crippen molar-refractivity contribution in [3.63, 3.8) is 0 Å². The van der Waals surface area contributed by atoms with Crippen LogP contribution < -0.4 is 0 Å². The lowest BCUT2D eigenvalue weighted by Crippen LogP contribution is -2.49. The number of sulfonamides is 1. The van der Waals surface area contributed by atoms with E-state index in [1.165, 1.54) is 4.31 Å². The van der Waals surface area contributed by atoms with E-state index in [1.807, 2.05) is 48.5 Å². The third-order valence-corrected chi connectivity index (χ3v) is 7.84. The lowest BCUT2D eigenvalue weighted by molar-refractivity contribution is -0.154. The van der Waals surface area contributed by atoms with Crippen LogP contribution in [0.3, 0.4) is 0 Å². The van der Waals surface area contributed by atoms with E-state index in [-0.39, 0.29) is 30.3 Å². The number of ether oxygens (including phenoxy) is 1. The summed E-state index contributed by atoms with van der Waals surface area (Å²) in [6.45, 7) is 4.91. The van der Waals surface area contributed by atoms with Gasteiger partial charge < -0.3 is 4.74 Å². The molecule has 6 nitrogen and oxygen atoms in total. The molecular formula is C26H27NO5S. The first kappa shape index (κ1) is 23.1. The Kier molecular flexibility index (Phi) is 6.12. The van der Waals surface area contributed by atoms with Crippen molar-refractivity contribution in [1.29, 1.82) is 0 Å². The second-order valence-corrected chi connectivity index (χ2v) is 11.2. The first-order valence-corrected chi connectivity index (χ1v) is 12.3. The summed E-state index contributed by atoms with van der Waals surface area (Å²) in [7, 11) is -4.01. The second-order valence-electron chi connectivity index (χ2n) is 9.33. The highest BCUT2D eigenvalue weighted by Crippen LogP contribution is 2.31. The molecule has 0 aromatic heterocycles. The average molecular weight is 466 g/mol. The van der Waals surface area contributed by atoms with Gasteiger partial charge in [-0.2, -0.15) is 4.31 Å². The number of Topliss-reactive ketones (excluding diaryl/α,β-unsaturated/α-hetero) is 1. The fourth-order valence-corrected chi connectivity index (χ4v) is 5.46. The first-order chi connectivity index (χ1) is 15.6. The second kappa shape index (κ2) is 8.72. The molecule has 0 spiro atoms. The Bertz CT molecular complexity index is 1320. The highest BCUT2D eigenvalue weighted by Gasteiger charge is 2.41. The van der Waals surface area contributed by atoms with E-state index in [1.54, 1.807) is 39.0 Å². The Balaban J connectivity index is 1.69. The fraction of sp³-hybridized carbons (Fsp3) is 0.308. The van der Waals surface area contributed by atoms with E-state index in [0.29, 0.717) is 0 Å².